The molecule has 0 unspecified atom stereocenters. The number of rotatable bonds is 0. The van der Waals surface area contributed by atoms with E-state index in [0.29, 0.717) is 10.5 Å². The molecule has 0 radical (unpaired) electrons. The molecule has 1 nitrogen and oxygen atoms in total. The van der Waals surface area contributed by atoms with Crippen molar-refractivity contribution >= 4 is 60.1 Å². The van der Waals surface area contributed by atoms with E-state index >= 15 is 0 Å². The van der Waals surface area contributed by atoms with Crippen molar-refractivity contribution in [3.8, 4) is 0 Å². The zero-order chi connectivity index (χ0) is 2.71. The smallest absolute Gasteiger partial charge is 1.00 e. The first-order valence-corrected chi connectivity index (χ1v) is 1.69. The molecule has 0 aliphatic carbocycles. The van der Waals surface area contributed by atoms with Gasteiger partial charge in [0.05, 0.1) is 0 Å². The van der Waals surface area contributed by atoms with Crippen LogP contribution in [0, 0.1) is 0 Å². The van der Waals surface area contributed by atoms with Gasteiger partial charge in [0, 0.05) is 11.9 Å². The van der Waals surface area contributed by atoms with E-state index in [-0.39, 0.29) is 40.6 Å². The molecule has 0 aromatic carbocycles. The van der Waals surface area contributed by atoms with Crippen LogP contribution in [0.1, 0.15) is 2.85 Å². The third-order valence-corrected chi connectivity index (χ3v) is 0. The Bertz CT molecular complexity index is 13.5. The van der Waals surface area contributed by atoms with Crippen LogP contribution in [0.2, 0.25) is 0 Å². The number of hydrogen-bond donors (Lipinski definition) is 0. The van der Waals surface area contributed by atoms with Gasteiger partial charge in [0.25, 0.3) is 0 Å². The summed E-state index contributed by atoms with van der Waals surface area (Å²) < 4.78 is 3.86. The van der Waals surface area contributed by atoms with Gasteiger partial charge >= 0.3 is 37.7 Å². The Morgan fingerprint density at radius 3 is 2.00 bits per heavy atom. The van der Waals surface area contributed by atoms with E-state index < -0.39 is 0 Å². The van der Waals surface area contributed by atoms with Crippen LogP contribution < -0.4 is 0 Å². The quantitative estimate of drug-likeness (QED) is 0.388. The molecule has 0 saturated carbocycles. The molecule has 0 bridgehead atoms. The summed E-state index contributed by atoms with van der Waals surface area (Å²) in [6, 6.07) is 0. The van der Waals surface area contributed by atoms with E-state index in [4.69, 9.17) is 0 Å². The van der Waals surface area contributed by atoms with E-state index in [1.165, 1.54) is 0 Å². The Hall–Kier alpha value is 1.73. The van der Waals surface area contributed by atoms with Crippen LogP contribution >= 0.6 is 11.9 Å². The van der Waals surface area contributed by atoms with E-state index in [1.807, 2.05) is 0 Å². The van der Waals surface area contributed by atoms with Crippen LogP contribution in [-0.2, 0) is 3.98 Å². The summed E-state index contributed by atoms with van der Waals surface area (Å²) in [4.78, 5) is 0. The molecule has 0 atom stereocenters. The molecule has 0 heterocycles. The maximum Gasteiger partial charge on any atom is 2.00 e. The summed E-state index contributed by atoms with van der Waals surface area (Å²) >= 11 is 4.56. The summed E-state index contributed by atoms with van der Waals surface area (Å²) in [5.41, 5.74) is 0. The summed E-state index contributed by atoms with van der Waals surface area (Å²) in [6.45, 7) is 0. The minimum atomic E-state index is 0. The molecular formula is H5CaClOSi. The summed E-state index contributed by atoms with van der Waals surface area (Å²) in [5, 5.41) is 0. The van der Waals surface area contributed by atoms with Crippen molar-refractivity contribution in [3.05, 3.63) is 0 Å². The van der Waals surface area contributed by atoms with Gasteiger partial charge in [-0.05, 0) is 0 Å². The average molecular weight is 125 g/mol. The molecule has 0 rings (SSSR count). The fourth-order valence-corrected chi connectivity index (χ4v) is 0. The molecule has 24 valence electrons. The van der Waals surface area contributed by atoms with Crippen LogP contribution in [-0.4, -0.2) is 48.2 Å². The molecular weight excluding hydrogens is 120 g/mol. The molecule has 0 N–H and O–H groups in total. The Balaban J connectivity index is -0.00000000667. The third kappa shape index (κ3) is 9.29. The zero-order valence-corrected chi connectivity index (χ0v) is 7.46. The zero-order valence-electron chi connectivity index (χ0n) is 4.49. The Morgan fingerprint density at radius 2 is 2.00 bits per heavy atom. The number of halogens is 1. The first-order chi connectivity index (χ1) is 1.41. The van der Waals surface area contributed by atoms with Gasteiger partial charge in [-0.15, -0.1) is 0 Å². The minimum Gasteiger partial charge on any atom is -1.00 e. The predicted molar refractivity (Wildman–Crippen MR) is 24.9 cm³/mol. The van der Waals surface area contributed by atoms with Gasteiger partial charge in [-0.1, -0.05) is 0 Å². The molecule has 0 aliphatic rings. The first kappa shape index (κ1) is 9.21. The van der Waals surface area contributed by atoms with Crippen molar-refractivity contribution in [2.45, 2.75) is 0 Å². The van der Waals surface area contributed by atoms with E-state index in [2.05, 4.69) is 15.8 Å². The maximum absolute atomic E-state index is 4.56. The standard InChI is InChI=1S/Ca.ClH3OSi.2H/c;1-2-3;;/h;3H3;;/q+2;;2*-1. The van der Waals surface area contributed by atoms with Crippen molar-refractivity contribution < 1.29 is 6.83 Å². The fraction of sp³-hybridized carbons (Fsp3) is 0. The molecule has 0 amide bonds. The average Bonchev–Trinajstić information content (AvgIpc) is 0.918. The second-order valence-corrected chi connectivity index (χ2v) is 1.39. The van der Waals surface area contributed by atoms with E-state index in [9.17, 15) is 0 Å². The van der Waals surface area contributed by atoms with E-state index in [0.717, 1.165) is 0 Å². The molecule has 4 heteroatoms. The van der Waals surface area contributed by atoms with Crippen molar-refractivity contribution in [2.75, 3.05) is 0 Å². The SMILES string of the molecule is [Ca+2].[H-].[H-].[SiH3]OCl. The Labute approximate surface area is 66.3 Å². The van der Waals surface area contributed by atoms with Gasteiger partial charge in [-0.25, -0.2) is 0 Å². The molecule has 0 fully saturated rings. The molecule has 0 aromatic heterocycles. The van der Waals surface area contributed by atoms with Gasteiger partial charge in [0.1, 0.15) is 0 Å². The van der Waals surface area contributed by atoms with Gasteiger partial charge in [0.15, 0.2) is 10.5 Å². The third-order valence-electron chi connectivity index (χ3n) is 0. The number of hydrogen-bond acceptors (Lipinski definition) is 1. The first-order valence-electron chi connectivity index (χ1n) is 0.563. The van der Waals surface area contributed by atoms with Gasteiger partial charge in [0.2, 0.25) is 0 Å². The second kappa shape index (κ2) is 8.83. The molecule has 0 aliphatic heterocycles. The Morgan fingerprint density at radius 1 is 2.00 bits per heavy atom. The van der Waals surface area contributed by atoms with Crippen molar-refractivity contribution in [2.24, 2.45) is 0 Å². The summed E-state index contributed by atoms with van der Waals surface area (Å²) in [6.07, 6.45) is 0. The monoisotopic (exact) mass is 124 g/mol. The summed E-state index contributed by atoms with van der Waals surface area (Å²) in [7, 11) is 0.634. The van der Waals surface area contributed by atoms with Crippen LogP contribution in [0.3, 0.4) is 0 Å². The van der Waals surface area contributed by atoms with Crippen LogP contribution in [0.25, 0.3) is 0 Å². The van der Waals surface area contributed by atoms with Crippen molar-refractivity contribution in [3.63, 3.8) is 0 Å². The van der Waals surface area contributed by atoms with Crippen molar-refractivity contribution in [1.29, 1.82) is 0 Å². The maximum atomic E-state index is 4.56. The fourth-order valence-electron chi connectivity index (χ4n) is 0. The summed E-state index contributed by atoms with van der Waals surface area (Å²) in [5.74, 6) is 0. The second-order valence-electron chi connectivity index (χ2n) is 0.154. The van der Waals surface area contributed by atoms with Gasteiger partial charge in [-0.2, -0.15) is 0 Å². The normalized spacial score (nSPS) is 5.25. The topological polar surface area (TPSA) is 9.23 Å². The molecule has 4 heavy (non-hydrogen) atoms. The molecule has 0 spiro atoms. The largest absolute Gasteiger partial charge is 2.00 e. The predicted octanol–water partition coefficient (Wildman–Crippen LogP) is -0.719. The van der Waals surface area contributed by atoms with E-state index in [1.54, 1.807) is 0 Å². The van der Waals surface area contributed by atoms with Crippen LogP contribution in [0.15, 0.2) is 0 Å². The van der Waals surface area contributed by atoms with Crippen LogP contribution in [0.4, 0.5) is 0 Å². The molecule has 0 aromatic rings. The Kier molecular flexibility index (Phi) is 20.3. The van der Waals surface area contributed by atoms with Gasteiger partial charge < -0.3 is 6.83 Å². The minimum absolute atomic E-state index is 0. The molecule has 0 saturated heterocycles. The van der Waals surface area contributed by atoms with Crippen molar-refractivity contribution in [1.82, 2.24) is 0 Å². The van der Waals surface area contributed by atoms with Gasteiger partial charge in [-0.3, -0.25) is 0 Å². The van der Waals surface area contributed by atoms with Crippen LogP contribution in [0.5, 0.6) is 0 Å².